The summed E-state index contributed by atoms with van der Waals surface area (Å²) in [6.45, 7) is 0. The molecule has 0 unspecified atom stereocenters. The summed E-state index contributed by atoms with van der Waals surface area (Å²) in [5.74, 6) is 0. The molecule has 0 aliphatic carbocycles. The summed E-state index contributed by atoms with van der Waals surface area (Å²) >= 11 is 0. The zero-order valence-electron chi connectivity index (χ0n) is 11.4. The SMILES string of the molecule is O=P([O-])([O-])C(CC(P(=O)([O-])[O-])P(=O)([O-])[O-])P(=O)([O-])[O-].[SnH2+2].[SnH2+2].[SnH2+2].[SnH2+2]. The van der Waals surface area contributed by atoms with Gasteiger partial charge in [-0.15, -0.1) is 0 Å². The van der Waals surface area contributed by atoms with Gasteiger partial charge in [0.25, 0.3) is 0 Å². The minimum atomic E-state index is -6.28. The molecule has 0 aromatic rings. The molecule has 0 heterocycles. The van der Waals surface area contributed by atoms with E-state index in [4.69, 9.17) is 0 Å². The van der Waals surface area contributed by atoms with E-state index in [1.54, 1.807) is 0 Å². The monoisotopic (exact) mass is 844 g/mol. The molecule has 0 aromatic carbocycles. The van der Waals surface area contributed by atoms with Gasteiger partial charge in [-0.1, -0.05) is 30.4 Å². The van der Waals surface area contributed by atoms with Crippen LogP contribution in [0.25, 0.3) is 0 Å². The van der Waals surface area contributed by atoms with E-state index >= 15 is 0 Å². The van der Waals surface area contributed by atoms with Crippen molar-refractivity contribution in [1.29, 1.82) is 0 Å². The van der Waals surface area contributed by atoms with E-state index in [-0.39, 0.29) is 95.6 Å². The van der Waals surface area contributed by atoms with Gasteiger partial charge in [-0.05, 0) is 6.42 Å². The van der Waals surface area contributed by atoms with Gasteiger partial charge < -0.3 is 57.4 Å². The van der Waals surface area contributed by atoms with Crippen molar-refractivity contribution in [1.82, 2.24) is 0 Å². The number of hydrogen-bond acceptors (Lipinski definition) is 12. The van der Waals surface area contributed by atoms with Gasteiger partial charge >= 0.3 is 95.6 Å². The predicted molar refractivity (Wildman–Crippen MR) is 76.8 cm³/mol. The molecular formula is C3H12O12P4Sn4. The molecule has 0 aromatic heterocycles. The zero-order chi connectivity index (χ0) is 15.9. The van der Waals surface area contributed by atoms with Crippen molar-refractivity contribution < 1.29 is 57.4 Å². The van der Waals surface area contributed by atoms with Crippen molar-refractivity contribution in [2.75, 3.05) is 0 Å². The van der Waals surface area contributed by atoms with Crippen LogP contribution in [-0.4, -0.2) is 106 Å². The first-order chi connectivity index (χ1) is 7.97. The average Bonchev–Trinajstić information content (AvgIpc) is 1.91. The molecule has 0 aliphatic heterocycles. The Labute approximate surface area is 198 Å². The fraction of sp³-hybridized carbons (Fsp3) is 1.00. The van der Waals surface area contributed by atoms with Crippen LogP contribution in [0.15, 0.2) is 0 Å². The summed E-state index contributed by atoms with van der Waals surface area (Å²) in [6, 6.07) is 0. The molecule has 0 rings (SSSR count). The van der Waals surface area contributed by atoms with Gasteiger partial charge in [0, 0.05) is 10.8 Å². The second-order valence-corrected chi connectivity index (χ2v) is 11.0. The maximum absolute atomic E-state index is 10.5. The van der Waals surface area contributed by atoms with Crippen molar-refractivity contribution >= 4 is 126 Å². The van der Waals surface area contributed by atoms with E-state index in [0.717, 1.165) is 0 Å². The molecule has 0 fully saturated rings. The molecule has 20 heteroatoms. The van der Waals surface area contributed by atoms with Gasteiger partial charge in [-0.3, -0.25) is 0 Å². The molecule has 0 spiro atoms. The summed E-state index contributed by atoms with van der Waals surface area (Å²) in [5, 5.41) is -7.03. The van der Waals surface area contributed by atoms with Crippen LogP contribution < -0.4 is 39.1 Å². The minimum absolute atomic E-state index is 0. The van der Waals surface area contributed by atoms with E-state index in [9.17, 15) is 57.4 Å². The molecule has 0 saturated carbocycles. The van der Waals surface area contributed by atoms with Gasteiger partial charge in [0.05, 0.1) is 0 Å². The fourth-order valence-corrected chi connectivity index (χ4v) is 6.36. The Bertz CT molecular complexity index is 424. The van der Waals surface area contributed by atoms with E-state index in [1.807, 2.05) is 0 Å². The summed E-state index contributed by atoms with van der Waals surface area (Å²) in [7, 11) is -25.1. The molecule has 0 amide bonds. The van der Waals surface area contributed by atoms with Crippen LogP contribution in [0.1, 0.15) is 6.42 Å². The van der Waals surface area contributed by atoms with Crippen molar-refractivity contribution in [3.8, 4) is 0 Å². The second kappa shape index (κ2) is 13.1. The zero-order valence-corrected chi connectivity index (χ0v) is 31.1. The van der Waals surface area contributed by atoms with Gasteiger partial charge in [0.15, 0.2) is 0 Å². The molecule has 132 valence electrons. The quantitative estimate of drug-likeness (QED) is 0.179. The van der Waals surface area contributed by atoms with Crippen molar-refractivity contribution in [3.63, 3.8) is 0 Å². The summed E-state index contributed by atoms with van der Waals surface area (Å²) in [6.07, 6.45) is -2.23. The summed E-state index contributed by atoms with van der Waals surface area (Å²) in [4.78, 5) is 83.8. The number of hydrogen-bond donors (Lipinski definition) is 0. The van der Waals surface area contributed by atoms with Crippen molar-refractivity contribution in [3.05, 3.63) is 0 Å². The van der Waals surface area contributed by atoms with Crippen molar-refractivity contribution in [2.24, 2.45) is 0 Å². The van der Waals surface area contributed by atoms with E-state index in [1.165, 1.54) is 0 Å². The Morgan fingerprint density at radius 1 is 0.478 bits per heavy atom. The van der Waals surface area contributed by atoms with Gasteiger partial charge in [-0.25, -0.2) is 0 Å². The van der Waals surface area contributed by atoms with Crippen molar-refractivity contribution in [2.45, 2.75) is 17.2 Å². The van der Waals surface area contributed by atoms with Gasteiger partial charge in [0.1, 0.15) is 0 Å². The molecule has 0 saturated heterocycles. The first kappa shape index (κ1) is 37.5. The van der Waals surface area contributed by atoms with Crippen LogP contribution in [0.4, 0.5) is 0 Å². The Kier molecular flexibility index (Phi) is 21.4. The topological polar surface area (TPSA) is 253 Å². The molecule has 0 radical (unpaired) electrons. The van der Waals surface area contributed by atoms with Gasteiger partial charge in [-0.2, -0.15) is 0 Å². The normalized spacial score (nSPS) is 12.6. The first-order valence-electron chi connectivity index (χ1n) is 4.04. The molecular weight excluding hydrogens is 827 g/mol. The Morgan fingerprint density at radius 2 is 0.609 bits per heavy atom. The van der Waals surface area contributed by atoms with Crippen LogP contribution in [0.5, 0.6) is 0 Å². The third-order valence-corrected chi connectivity index (χ3v) is 9.04. The predicted octanol–water partition coefficient (Wildman–Crippen LogP) is -9.98. The van der Waals surface area contributed by atoms with Crippen LogP contribution in [0.2, 0.25) is 0 Å². The molecule has 12 nitrogen and oxygen atoms in total. The van der Waals surface area contributed by atoms with Crippen LogP contribution in [0, 0.1) is 0 Å². The molecule has 23 heavy (non-hydrogen) atoms. The Hall–Kier alpha value is 3.79. The molecule has 0 aliphatic rings. The second-order valence-electron chi connectivity index (χ2n) is 3.36. The Balaban J connectivity index is -0.000000270. The number of rotatable bonds is 6. The summed E-state index contributed by atoms with van der Waals surface area (Å²) < 4.78 is 41.9. The third-order valence-electron chi connectivity index (χ3n) is 1.88. The van der Waals surface area contributed by atoms with Crippen LogP contribution in [0.3, 0.4) is 0 Å². The molecule has 0 atom stereocenters. The standard InChI is InChI=1S/C3H12O12P4.4Sn.8H/c4-16(5,6)2(17(7,8)9)1-3(18(10,11)12)19(13,14)15;;;;;;;;;;;;/h2-3H,1H2,(H2,4,5,6)(H2,7,8,9)(H2,10,11,12)(H2,13,14,15);;;;;;;;;;;;/q;4*+2;;;;;;;;/p-8. The van der Waals surface area contributed by atoms with Crippen LogP contribution in [-0.2, 0) is 18.3 Å². The fourth-order valence-electron chi connectivity index (χ4n) is 1.05. The molecule has 0 N–H and O–H groups in total. The van der Waals surface area contributed by atoms with Gasteiger partial charge in [0.2, 0.25) is 0 Å². The summed E-state index contributed by atoms with van der Waals surface area (Å²) in [5.41, 5.74) is 0. The maximum atomic E-state index is 10.5. The van der Waals surface area contributed by atoms with E-state index in [0.29, 0.717) is 0 Å². The van der Waals surface area contributed by atoms with E-state index < -0.39 is 47.6 Å². The third kappa shape index (κ3) is 14.4. The Morgan fingerprint density at radius 3 is 0.696 bits per heavy atom. The van der Waals surface area contributed by atoms with Crippen LogP contribution >= 0.6 is 30.4 Å². The average molecular weight is 839 g/mol. The molecule has 0 bridgehead atoms. The van der Waals surface area contributed by atoms with E-state index in [2.05, 4.69) is 0 Å². The first-order valence-corrected chi connectivity index (χ1v) is 10.5.